The number of hydrogen-bond acceptors (Lipinski definition) is 6. The fourth-order valence-electron chi connectivity index (χ4n) is 2.45. The van der Waals surface area contributed by atoms with Gasteiger partial charge in [0, 0.05) is 0 Å². The lowest BCUT2D eigenvalue weighted by Gasteiger charge is -2.06. The van der Waals surface area contributed by atoms with E-state index in [2.05, 4.69) is 13.8 Å². The van der Waals surface area contributed by atoms with Crippen LogP contribution in [0.25, 0.3) is 0 Å². The van der Waals surface area contributed by atoms with Crippen LogP contribution in [0.1, 0.15) is 78.1 Å². The van der Waals surface area contributed by atoms with Gasteiger partial charge in [0.2, 0.25) is 0 Å². The molecule has 0 radical (unpaired) electrons. The van der Waals surface area contributed by atoms with Gasteiger partial charge in [-0.05, 0) is 0 Å². The van der Waals surface area contributed by atoms with Crippen LogP contribution in [0, 0.1) is 0 Å². The third-order valence-corrected chi connectivity index (χ3v) is 4.04. The number of aliphatic hydroxyl groups excluding tert-OH is 2. The van der Waals surface area contributed by atoms with Gasteiger partial charge in [-0.2, -0.15) is 0 Å². The fraction of sp³-hybridized carbons (Fsp3) is 1.00. The first-order chi connectivity index (χ1) is 13.8. The summed E-state index contributed by atoms with van der Waals surface area (Å²) in [6, 6.07) is 0. The first-order valence-electron chi connectivity index (χ1n) is 11.4. The summed E-state index contributed by atoms with van der Waals surface area (Å²) in [6.07, 6.45) is 14.4. The summed E-state index contributed by atoms with van der Waals surface area (Å²) >= 11 is 0. The molecule has 0 rings (SSSR count). The minimum absolute atomic E-state index is 0.0386. The van der Waals surface area contributed by atoms with Crippen molar-refractivity contribution in [3.05, 3.63) is 0 Å². The van der Waals surface area contributed by atoms with Gasteiger partial charge in [-0.3, -0.25) is 0 Å². The molecule has 172 valence electrons. The first-order valence-corrected chi connectivity index (χ1v) is 11.4. The molecular weight excluding hydrogens is 360 g/mol. The molecule has 0 saturated heterocycles. The van der Waals surface area contributed by atoms with Crippen molar-refractivity contribution in [3.8, 4) is 0 Å². The molecule has 6 nitrogen and oxygen atoms in total. The highest BCUT2D eigenvalue weighted by atomic mass is 16.6. The monoisotopic (exact) mass is 408 g/mol. The Morgan fingerprint density at radius 3 is 0.893 bits per heavy atom. The van der Waals surface area contributed by atoms with E-state index in [-0.39, 0.29) is 13.2 Å². The SMILES string of the molecule is CCCCCCCCCCCC.OCCOCCOCCOCCOCCO. The highest BCUT2D eigenvalue weighted by Crippen LogP contribution is 2.09. The molecule has 0 aliphatic heterocycles. The van der Waals surface area contributed by atoms with Gasteiger partial charge in [-0.25, -0.2) is 0 Å². The summed E-state index contributed by atoms with van der Waals surface area (Å²) in [5.41, 5.74) is 0. The van der Waals surface area contributed by atoms with Crippen molar-refractivity contribution in [2.75, 3.05) is 66.1 Å². The van der Waals surface area contributed by atoms with E-state index in [9.17, 15) is 0 Å². The number of ether oxygens (including phenoxy) is 4. The van der Waals surface area contributed by atoms with Gasteiger partial charge in [-0.1, -0.05) is 78.1 Å². The summed E-state index contributed by atoms with van der Waals surface area (Å²) in [5.74, 6) is 0. The molecule has 6 heteroatoms. The topological polar surface area (TPSA) is 77.4 Å². The Kier molecular flexibility index (Phi) is 33.7. The van der Waals surface area contributed by atoms with E-state index in [1.165, 1.54) is 64.2 Å². The maximum absolute atomic E-state index is 8.41. The largest absolute Gasteiger partial charge is 0.394 e. The van der Waals surface area contributed by atoms with Crippen LogP contribution < -0.4 is 0 Å². The Balaban J connectivity index is 0. The molecule has 0 aromatic carbocycles. The number of rotatable bonds is 22. The van der Waals surface area contributed by atoms with Crippen molar-refractivity contribution < 1.29 is 29.2 Å². The molecule has 0 spiro atoms. The Morgan fingerprint density at radius 1 is 0.393 bits per heavy atom. The van der Waals surface area contributed by atoms with Crippen LogP contribution in [0.4, 0.5) is 0 Å². The fourth-order valence-corrected chi connectivity index (χ4v) is 2.45. The first kappa shape index (κ1) is 30.0. The average molecular weight is 409 g/mol. The number of unbranched alkanes of at least 4 members (excludes halogenated alkanes) is 9. The lowest BCUT2D eigenvalue weighted by Crippen LogP contribution is -2.13. The van der Waals surface area contributed by atoms with Gasteiger partial charge in [0.25, 0.3) is 0 Å². The van der Waals surface area contributed by atoms with Crippen molar-refractivity contribution in [1.82, 2.24) is 0 Å². The normalized spacial score (nSPS) is 10.7. The Morgan fingerprint density at radius 2 is 0.643 bits per heavy atom. The predicted octanol–water partition coefficient (Wildman–Crippen LogP) is 3.96. The van der Waals surface area contributed by atoms with Crippen LogP contribution in [-0.2, 0) is 18.9 Å². The molecule has 0 amide bonds. The Bertz CT molecular complexity index is 217. The minimum atomic E-state index is 0.0386. The van der Waals surface area contributed by atoms with E-state index in [1.807, 2.05) is 0 Å². The minimum Gasteiger partial charge on any atom is -0.394 e. The molecule has 0 atom stereocenters. The van der Waals surface area contributed by atoms with Gasteiger partial charge < -0.3 is 29.2 Å². The zero-order valence-corrected chi connectivity index (χ0v) is 18.7. The van der Waals surface area contributed by atoms with Gasteiger partial charge in [0.05, 0.1) is 66.1 Å². The Hall–Kier alpha value is -0.240. The molecule has 0 unspecified atom stereocenters. The standard InChI is InChI=1S/C12H26.C10H22O6/c1-3-5-7-9-11-12-10-8-6-4-2;11-1-3-13-5-7-15-9-10-16-8-6-14-4-2-12/h3-12H2,1-2H3;11-12H,1-10H2. The highest BCUT2D eigenvalue weighted by Gasteiger charge is 1.92. The van der Waals surface area contributed by atoms with Crippen molar-refractivity contribution in [2.24, 2.45) is 0 Å². The second-order valence-electron chi connectivity index (χ2n) is 6.73. The van der Waals surface area contributed by atoms with E-state index in [0.29, 0.717) is 52.9 Å². The summed E-state index contributed by atoms with van der Waals surface area (Å²) < 4.78 is 20.4. The van der Waals surface area contributed by atoms with Crippen molar-refractivity contribution in [1.29, 1.82) is 0 Å². The molecule has 28 heavy (non-hydrogen) atoms. The molecule has 0 bridgehead atoms. The van der Waals surface area contributed by atoms with E-state index in [1.54, 1.807) is 0 Å². The Labute approximate surface area is 173 Å². The van der Waals surface area contributed by atoms with Crippen LogP contribution in [-0.4, -0.2) is 76.3 Å². The van der Waals surface area contributed by atoms with E-state index in [0.717, 1.165) is 0 Å². The lowest BCUT2D eigenvalue weighted by atomic mass is 10.1. The lowest BCUT2D eigenvalue weighted by molar-refractivity contribution is -0.00856. The van der Waals surface area contributed by atoms with Gasteiger partial charge >= 0.3 is 0 Å². The van der Waals surface area contributed by atoms with Crippen LogP contribution >= 0.6 is 0 Å². The van der Waals surface area contributed by atoms with E-state index in [4.69, 9.17) is 29.2 Å². The summed E-state index contributed by atoms with van der Waals surface area (Å²) in [7, 11) is 0. The second kappa shape index (κ2) is 31.5. The summed E-state index contributed by atoms with van der Waals surface area (Å²) in [5, 5.41) is 16.8. The third-order valence-electron chi connectivity index (χ3n) is 4.04. The highest BCUT2D eigenvalue weighted by molar-refractivity contribution is 4.45. The molecule has 0 fully saturated rings. The van der Waals surface area contributed by atoms with Gasteiger partial charge in [0.15, 0.2) is 0 Å². The molecule has 0 aromatic rings. The van der Waals surface area contributed by atoms with E-state index >= 15 is 0 Å². The number of aliphatic hydroxyl groups is 2. The van der Waals surface area contributed by atoms with Crippen molar-refractivity contribution >= 4 is 0 Å². The van der Waals surface area contributed by atoms with Gasteiger partial charge in [0.1, 0.15) is 0 Å². The second-order valence-corrected chi connectivity index (χ2v) is 6.73. The zero-order valence-electron chi connectivity index (χ0n) is 18.7. The van der Waals surface area contributed by atoms with Crippen molar-refractivity contribution in [2.45, 2.75) is 78.1 Å². The van der Waals surface area contributed by atoms with Crippen molar-refractivity contribution in [3.63, 3.8) is 0 Å². The molecule has 0 aliphatic rings. The molecule has 0 aliphatic carbocycles. The van der Waals surface area contributed by atoms with Crippen LogP contribution in [0.3, 0.4) is 0 Å². The quantitative estimate of drug-likeness (QED) is 0.264. The van der Waals surface area contributed by atoms with Gasteiger partial charge in [-0.15, -0.1) is 0 Å². The average Bonchev–Trinajstić information content (AvgIpc) is 2.71. The van der Waals surface area contributed by atoms with Crippen LogP contribution in [0.2, 0.25) is 0 Å². The maximum atomic E-state index is 8.41. The van der Waals surface area contributed by atoms with Crippen LogP contribution in [0.5, 0.6) is 0 Å². The molecule has 0 aromatic heterocycles. The summed E-state index contributed by atoms with van der Waals surface area (Å²) in [6.45, 7) is 8.35. The molecule has 0 heterocycles. The molecule has 2 N–H and O–H groups in total. The number of hydrogen-bond donors (Lipinski definition) is 2. The molecule has 0 saturated carbocycles. The molecular formula is C22H48O6. The van der Waals surface area contributed by atoms with Crippen LogP contribution in [0.15, 0.2) is 0 Å². The zero-order chi connectivity index (χ0) is 21.0. The summed E-state index contributed by atoms with van der Waals surface area (Å²) in [4.78, 5) is 0. The maximum Gasteiger partial charge on any atom is 0.0701 e. The predicted molar refractivity (Wildman–Crippen MR) is 115 cm³/mol. The van der Waals surface area contributed by atoms with E-state index < -0.39 is 0 Å². The smallest absolute Gasteiger partial charge is 0.0701 e. The third kappa shape index (κ3) is 33.4.